The van der Waals surface area contributed by atoms with Gasteiger partial charge in [-0.2, -0.15) is 0 Å². The molecule has 0 atom stereocenters. The molecule has 2 aromatic carbocycles. The number of fused-ring (bicyclic) bond motifs is 1. The molecular formula is C18H14N2O6. The molecule has 2 aromatic rings. The fourth-order valence-corrected chi connectivity index (χ4v) is 2.60. The van der Waals surface area contributed by atoms with Gasteiger partial charge >= 0.3 is 5.97 Å². The number of non-ortho nitro benzene ring substituents is 1. The second-order valence-electron chi connectivity index (χ2n) is 5.64. The molecule has 8 heteroatoms. The minimum absolute atomic E-state index is 0.0427. The number of imide groups is 1. The zero-order valence-electron chi connectivity index (χ0n) is 13.6. The number of esters is 1. The van der Waals surface area contributed by atoms with E-state index in [4.69, 9.17) is 4.74 Å². The van der Waals surface area contributed by atoms with Gasteiger partial charge in [0.1, 0.15) is 6.61 Å². The maximum atomic E-state index is 12.2. The van der Waals surface area contributed by atoms with Crippen LogP contribution in [0.15, 0.2) is 48.5 Å². The molecule has 0 bridgehead atoms. The van der Waals surface area contributed by atoms with Gasteiger partial charge < -0.3 is 4.74 Å². The van der Waals surface area contributed by atoms with Crippen LogP contribution in [-0.2, 0) is 16.1 Å². The van der Waals surface area contributed by atoms with Crippen LogP contribution in [0.1, 0.15) is 32.7 Å². The minimum atomic E-state index is -0.570. The number of rotatable bonds is 6. The highest BCUT2D eigenvalue weighted by atomic mass is 16.6. The number of carbonyl (C=O) groups is 3. The molecule has 132 valence electrons. The van der Waals surface area contributed by atoms with Gasteiger partial charge in [0, 0.05) is 18.7 Å². The lowest BCUT2D eigenvalue weighted by Gasteiger charge is -2.13. The number of hydrogen-bond acceptors (Lipinski definition) is 6. The van der Waals surface area contributed by atoms with Crippen molar-refractivity contribution >= 4 is 23.5 Å². The lowest BCUT2D eigenvalue weighted by atomic mass is 10.1. The number of benzene rings is 2. The first-order valence-corrected chi connectivity index (χ1v) is 7.81. The Bertz CT molecular complexity index is 856. The Morgan fingerprint density at radius 3 is 2.12 bits per heavy atom. The summed E-state index contributed by atoms with van der Waals surface area (Å²) in [5, 5.41) is 10.6. The fourth-order valence-electron chi connectivity index (χ4n) is 2.60. The van der Waals surface area contributed by atoms with Crippen molar-refractivity contribution in [2.75, 3.05) is 6.54 Å². The van der Waals surface area contributed by atoms with Gasteiger partial charge in [0.15, 0.2) is 0 Å². The quantitative estimate of drug-likeness (QED) is 0.341. The number of amides is 2. The van der Waals surface area contributed by atoms with E-state index in [1.807, 2.05) is 0 Å². The van der Waals surface area contributed by atoms with Gasteiger partial charge in [-0.05, 0) is 29.8 Å². The van der Waals surface area contributed by atoms with Crippen molar-refractivity contribution in [3.63, 3.8) is 0 Å². The van der Waals surface area contributed by atoms with Gasteiger partial charge in [0.25, 0.3) is 17.5 Å². The van der Waals surface area contributed by atoms with Crippen LogP contribution >= 0.6 is 0 Å². The summed E-state index contributed by atoms with van der Waals surface area (Å²) < 4.78 is 5.08. The average molecular weight is 354 g/mol. The molecule has 0 spiro atoms. The molecule has 0 radical (unpaired) electrons. The molecule has 0 N–H and O–H groups in total. The predicted molar refractivity (Wildman–Crippen MR) is 89.3 cm³/mol. The van der Waals surface area contributed by atoms with E-state index in [-0.39, 0.29) is 25.3 Å². The standard InChI is InChI=1S/C18H14N2O6/c21-16(26-11-12-5-7-13(8-6-12)20(24)25)9-10-19-17(22)14-3-1-2-4-15(14)18(19)23/h1-8H,9-11H2. The second kappa shape index (κ2) is 7.14. The lowest BCUT2D eigenvalue weighted by molar-refractivity contribution is -0.384. The van der Waals surface area contributed by atoms with Crippen molar-refractivity contribution in [2.45, 2.75) is 13.0 Å². The molecule has 2 amide bonds. The van der Waals surface area contributed by atoms with Crippen LogP contribution in [0.4, 0.5) is 5.69 Å². The summed E-state index contributed by atoms with van der Waals surface area (Å²) in [6.45, 7) is -0.107. The minimum Gasteiger partial charge on any atom is -0.461 e. The number of nitrogens with zero attached hydrogens (tertiary/aromatic N) is 2. The van der Waals surface area contributed by atoms with Crippen LogP contribution in [0.5, 0.6) is 0 Å². The van der Waals surface area contributed by atoms with Crippen LogP contribution in [0.2, 0.25) is 0 Å². The third-order valence-corrected chi connectivity index (χ3v) is 3.96. The Morgan fingerprint density at radius 2 is 1.58 bits per heavy atom. The van der Waals surface area contributed by atoms with E-state index >= 15 is 0 Å². The summed E-state index contributed by atoms with van der Waals surface area (Å²) in [7, 11) is 0. The third kappa shape index (κ3) is 3.44. The highest BCUT2D eigenvalue weighted by Gasteiger charge is 2.35. The van der Waals surface area contributed by atoms with Crippen LogP contribution in [-0.4, -0.2) is 34.2 Å². The molecule has 1 aliphatic rings. The highest BCUT2D eigenvalue weighted by molar-refractivity contribution is 6.21. The Hall–Kier alpha value is -3.55. The van der Waals surface area contributed by atoms with Gasteiger partial charge in [-0.15, -0.1) is 0 Å². The molecule has 3 rings (SSSR count). The number of hydrogen-bond donors (Lipinski definition) is 0. The van der Waals surface area contributed by atoms with Gasteiger partial charge in [-0.1, -0.05) is 12.1 Å². The van der Waals surface area contributed by atoms with Crippen molar-refractivity contribution in [3.8, 4) is 0 Å². The topological polar surface area (TPSA) is 107 Å². The predicted octanol–water partition coefficient (Wildman–Crippen LogP) is 2.32. The van der Waals surface area contributed by atoms with Gasteiger partial charge in [-0.25, -0.2) is 0 Å². The molecule has 1 heterocycles. The van der Waals surface area contributed by atoms with E-state index in [1.54, 1.807) is 24.3 Å². The highest BCUT2D eigenvalue weighted by Crippen LogP contribution is 2.22. The van der Waals surface area contributed by atoms with Gasteiger partial charge in [-0.3, -0.25) is 29.4 Å². The molecule has 0 aliphatic carbocycles. The number of nitro benzene ring substituents is 1. The van der Waals surface area contributed by atoms with Crippen molar-refractivity contribution in [1.29, 1.82) is 0 Å². The van der Waals surface area contributed by atoms with E-state index in [0.717, 1.165) is 4.90 Å². The third-order valence-electron chi connectivity index (χ3n) is 3.96. The maximum absolute atomic E-state index is 12.2. The zero-order valence-corrected chi connectivity index (χ0v) is 13.6. The first kappa shape index (κ1) is 17.3. The summed E-state index contributed by atoms with van der Waals surface area (Å²) in [5.74, 6) is -1.41. The van der Waals surface area contributed by atoms with Crippen LogP contribution in [0.25, 0.3) is 0 Å². The molecular weight excluding hydrogens is 340 g/mol. The SMILES string of the molecule is O=C(CCN1C(=O)c2ccccc2C1=O)OCc1ccc([N+](=O)[O-])cc1. The lowest BCUT2D eigenvalue weighted by Crippen LogP contribution is -2.32. The summed E-state index contributed by atoms with van der Waals surface area (Å²) in [5.41, 5.74) is 1.21. The Labute approximate surface area is 148 Å². The van der Waals surface area contributed by atoms with Crippen molar-refractivity contribution in [1.82, 2.24) is 4.90 Å². The first-order chi connectivity index (χ1) is 12.5. The summed E-state index contributed by atoms with van der Waals surface area (Å²) in [6, 6.07) is 12.1. The van der Waals surface area contributed by atoms with E-state index in [1.165, 1.54) is 24.3 Å². The zero-order chi connectivity index (χ0) is 18.7. The molecule has 0 aromatic heterocycles. The van der Waals surface area contributed by atoms with Crippen LogP contribution in [0, 0.1) is 10.1 Å². The Kier molecular flexibility index (Phi) is 4.74. The van der Waals surface area contributed by atoms with Crippen molar-refractivity contribution < 1.29 is 24.0 Å². The van der Waals surface area contributed by atoms with Gasteiger partial charge in [0.2, 0.25) is 0 Å². The molecule has 1 aliphatic heterocycles. The smallest absolute Gasteiger partial charge is 0.307 e. The van der Waals surface area contributed by atoms with Crippen LogP contribution in [0.3, 0.4) is 0 Å². The van der Waals surface area contributed by atoms with E-state index in [2.05, 4.69) is 0 Å². The average Bonchev–Trinajstić information content (AvgIpc) is 2.89. The van der Waals surface area contributed by atoms with Crippen LogP contribution < -0.4 is 0 Å². The first-order valence-electron chi connectivity index (χ1n) is 7.81. The normalized spacial score (nSPS) is 12.8. The molecule has 8 nitrogen and oxygen atoms in total. The van der Waals surface area contributed by atoms with E-state index in [9.17, 15) is 24.5 Å². The summed E-state index contributed by atoms with van der Waals surface area (Å²) >= 11 is 0. The summed E-state index contributed by atoms with van der Waals surface area (Å²) in [6.07, 6.45) is -0.127. The molecule has 0 saturated carbocycles. The second-order valence-corrected chi connectivity index (χ2v) is 5.64. The number of nitro groups is 1. The number of carbonyl (C=O) groups excluding carboxylic acids is 3. The van der Waals surface area contributed by atoms with Gasteiger partial charge in [0.05, 0.1) is 22.5 Å². The Morgan fingerprint density at radius 1 is 1.00 bits per heavy atom. The monoisotopic (exact) mass is 354 g/mol. The molecule has 0 saturated heterocycles. The molecule has 26 heavy (non-hydrogen) atoms. The number of ether oxygens (including phenoxy) is 1. The molecule has 0 unspecified atom stereocenters. The van der Waals surface area contributed by atoms with E-state index in [0.29, 0.717) is 16.7 Å². The van der Waals surface area contributed by atoms with Crippen molar-refractivity contribution in [3.05, 3.63) is 75.3 Å². The summed E-state index contributed by atoms with van der Waals surface area (Å²) in [4.78, 5) is 47.3. The fraction of sp³-hybridized carbons (Fsp3) is 0.167. The maximum Gasteiger partial charge on any atom is 0.307 e. The van der Waals surface area contributed by atoms with Crippen molar-refractivity contribution in [2.24, 2.45) is 0 Å². The largest absolute Gasteiger partial charge is 0.461 e. The molecule has 0 fully saturated rings. The Balaban J connectivity index is 1.51. The van der Waals surface area contributed by atoms with E-state index < -0.39 is 22.7 Å².